The molecule has 0 aromatic carbocycles. The Labute approximate surface area is 351 Å². The van der Waals surface area contributed by atoms with Gasteiger partial charge in [-0.1, -0.05) is 0 Å². The van der Waals surface area contributed by atoms with Gasteiger partial charge in [0.25, 0.3) is 0 Å². The van der Waals surface area contributed by atoms with Crippen LogP contribution in [0.1, 0.15) is 13.8 Å². The van der Waals surface area contributed by atoms with Crippen LogP contribution in [0.2, 0.25) is 0 Å². The lowest BCUT2D eigenvalue weighted by atomic mass is 9.93. The van der Waals surface area contributed by atoms with E-state index in [9.17, 15) is 84.7 Å². The molecule has 29 nitrogen and oxygen atoms in total. The lowest BCUT2D eigenvalue weighted by Gasteiger charge is -2.51. The second kappa shape index (κ2) is 21.4. The number of aliphatic hydroxyl groups excluding tert-OH is 14. The first-order chi connectivity index (χ1) is 29.0. The van der Waals surface area contributed by atoms with Crippen LogP contribution in [0, 0.1) is 0 Å². The Morgan fingerprint density at radius 3 is 1.58 bits per heavy atom. The molecule has 0 radical (unpaired) electrons. The molecule has 5 aliphatic heterocycles. The monoisotopic (exact) mass is 933 g/mol. The number of aliphatic hydroxyl groups is 14. The summed E-state index contributed by atoms with van der Waals surface area (Å²) < 4.78 is 87.0. The van der Waals surface area contributed by atoms with E-state index in [-0.39, 0.29) is 0 Å². The van der Waals surface area contributed by atoms with Gasteiger partial charge < -0.3 is 119 Å². The van der Waals surface area contributed by atoms with Gasteiger partial charge in [-0.15, -0.1) is 0 Å². The van der Waals surface area contributed by atoms with Crippen molar-refractivity contribution in [3.05, 3.63) is 0 Å². The highest BCUT2D eigenvalue weighted by Gasteiger charge is 2.58. The van der Waals surface area contributed by atoms with Crippen LogP contribution < -0.4 is 5.32 Å². The Balaban J connectivity index is 1.50. The zero-order valence-electron chi connectivity index (χ0n) is 32.7. The second-order valence-electron chi connectivity index (χ2n) is 15.2. The summed E-state index contributed by atoms with van der Waals surface area (Å²) in [6, 6.07) is -1.83. The van der Waals surface area contributed by atoms with Crippen molar-refractivity contribution in [2.24, 2.45) is 0 Å². The summed E-state index contributed by atoms with van der Waals surface area (Å²) in [4.78, 5) is 12.8. The maximum Gasteiger partial charge on any atom is 0.397 e. The molecule has 5 saturated heterocycles. The number of carbonyl (C=O) groups is 1. The molecular weight excluding hydrogens is 878 g/mol. The summed E-state index contributed by atoms with van der Waals surface area (Å²) >= 11 is 0. The average Bonchev–Trinajstić information content (AvgIpc) is 3.22. The predicted molar refractivity (Wildman–Crippen MR) is 187 cm³/mol. The van der Waals surface area contributed by atoms with Crippen LogP contribution in [-0.2, 0) is 62.0 Å². The molecular formula is C32H55NO28S. The van der Waals surface area contributed by atoms with Crippen LogP contribution >= 0.6 is 0 Å². The first kappa shape index (κ1) is 51.4. The van der Waals surface area contributed by atoms with E-state index in [2.05, 4.69) is 9.50 Å². The Hall–Kier alpha value is -1.58. The molecule has 0 aromatic heterocycles. The summed E-state index contributed by atoms with van der Waals surface area (Å²) in [5.41, 5.74) is 0. The van der Waals surface area contributed by atoms with Crippen molar-refractivity contribution in [1.82, 2.24) is 5.32 Å². The van der Waals surface area contributed by atoms with Crippen molar-refractivity contribution in [2.45, 2.75) is 167 Å². The zero-order chi connectivity index (χ0) is 46.1. The number of amides is 1. The Morgan fingerprint density at radius 2 is 1.00 bits per heavy atom. The van der Waals surface area contributed by atoms with E-state index < -0.39 is 196 Å². The quantitative estimate of drug-likeness (QED) is 0.0678. The molecule has 5 rings (SSSR count). The van der Waals surface area contributed by atoms with Gasteiger partial charge >= 0.3 is 10.4 Å². The van der Waals surface area contributed by atoms with Crippen molar-refractivity contribution >= 4 is 16.3 Å². The lowest BCUT2D eigenvalue weighted by molar-refractivity contribution is -0.391. The fourth-order valence-corrected chi connectivity index (χ4v) is 7.81. The largest absolute Gasteiger partial charge is 0.397 e. The zero-order valence-corrected chi connectivity index (χ0v) is 33.5. The molecule has 1 unspecified atom stereocenters. The molecule has 0 aliphatic carbocycles. The molecule has 5 fully saturated rings. The van der Waals surface area contributed by atoms with Crippen molar-refractivity contribution in [2.75, 3.05) is 26.4 Å². The summed E-state index contributed by atoms with van der Waals surface area (Å²) in [5, 5.41) is 150. The predicted octanol–water partition coefficient (Wildman–Crippen LogP) is -10.9. The first-order valence-electron chi connectivity index (χ1n) is 19.1. The third-order valence-electron chi connectivity index (χ3n) is 10.9. The smallest absolute Gasteiger partial charge is 0.394 e. The van der Waals surface area contributed by atoms with Crippen LogP contribution in [0.3, 0.4) is 0 Å². The van der Waals surface area contributed by atoms with Crippen molar-refractivity contribution in [1.29, 1.82) is 0 Å². The van der Waals surface area contributed by atoms with Gasteiger partial charge in [0, 0.05) is 6.92 Å². The standard InChI is InChI=1S/C32H55NO28S/c1-7-14(38)17(41)21(45)30(53-7)60-26-13(33-8(2)37)29(56-11(5-36)25(26)59-31-22(46)18(42)15(39)12(57-31)6-52-62(49,50)51)61-27-16(40)9(3-34)55-32(23(27)47)58-24-10(4-35)54-28(48)20(44)19(24)43/h7,9-32,34-36,38-48H,3-6H2,1-2H3,(H,33,37)(H,49,50,51)/t7-,9+,10+,11+,12+,13+,14+,15-,16-,17+,18-,19+,20+,21-,22+,23+,24+,25+,26+,27-,28?,29-,30-,31-,32-/m0/s1. The molecule has 0 aromatic rings. The molecule has 0 saturated carbocycles. The van der Waals surface area contributed by atoms with Gasteiger partial charge in [-0.25, -0.2) is 4.18 Å². The van der Waals surface area contributed by atoms with Crippen LogP contribution in [0.5, 0.6) is 0 Å². The van der Waals surface area contributed by atoms with E-state index in [1.807, 2.05) is 0 Å². The summed E-state index contributed by atoms with van der Waals surface area (Å²) in [7, 11) is -5.14. The molecule has 16 N–H and O–H groups in total. The normalized spacial score (nSPS) is 49.3. The van der Waals surface area contributed by atoms with Gasteiger partial charge in [-0.05, 0) is 6.92 Å². The van der Waals surface area contributed by atoms with Crippen LogP contribution in [-0.4, -0.2) is 270 Å². The average molecular weight is 934 g/mol. The van der Waals surface area contributed by atoms with Crippen LogP contribution in [0.4, 0.5) is 0 Å². The second-order valence-corrected chi connectivity index (χ2v) is 16.3. The number of nitrogens with one attached hydrogen (secondary N) is 1. The lowest BCUT2D eigenvalue weighted by Crippen LogP contribution is -2.71. The Bertz CT molecular complexity index is 1550. The van der Waals surface area contributed by atoms with E-state index in [4.69, 9.17) is 47.2 Å². The molecule has 1 amide bonds. The highest BCUT2D eigenvalue weighted by molar-refractivity contribution is 7.80. The summed E-state index contributed by atoms with van der Waals surface area (Å²) in [6.45, 7) is -1.89. The number of rotatable bonds is 15. The molecule has 25 atom stereocenters. The van der Waals surface area contributed by atoms with E-state index >= 15 is 0 Å². The van der Waals surface area contributed by atoms with E-state index in [1.54, 1.807) is 0 Å². The molecule has 62 heavy (non-hydrogen) atoms. The topological polar surface area (TPSA) is 459 Å². The third kappa shape index (κ3) is 11.3. The molecule has 362 valence electrons. The van der Waals surface area contributed by atoms with Crippen molar-refractivity contribution < 1.29 is 136 Å². The van der Waals surface area contributed by atoms with Gasteiger partial charge in [0.15, 0.2) is 31.5 Å². The maximum absolute atomic E-state index is 12.8. The van der Waals surface area contributed by atoms with Gasteiger partial charge in [0.2, 0.25) is 5.91 Å². The number of hydrogen-bond acceptors (Lipinski definition) is 27. The molecule has 0 spiro atoms. The molecule has 5 heterocycles. The number of hydrogen-bond donors (Lipinski definition) is 16. The van der Waals surface area contributed by atoms with Gasteiger partial charge in [-0.2, -0.15) is 8.42 Å². The highest BCUT2D eigenvalue weighted by atomic mass is 32.3. The van der Waals surface area contributed by atoms with Crippen molar-refractivity contribution in [3.63, 3.8) is 0 Å². The Morgan fingerprint density at radius 1 is 0.516 bits per heavy atom. The Kier molecular flexibility index (Phi) is 17.7. The SMILES string of the molecule is CC(=O)N[C@H]1[C@H](O[C@H]2[C@@H](O)[C@@H](CO)O[C@@H](O[C@H]3[C@H](O)[C@@H](O)C(O)O[C@@H]3CO)[C@@H]2O)O[C@H](CO)[C@@H](O[C@@H]2O[C@H](COS(=O)(=O)O)[C@H](O)[C@H](O)[C@H]2O)[C@@H]1O[C@@H]1O[C@@H](C)[C@@H](O)[C@@H](O)[C@@H]1O. The van der Waals surface area contributed by atoms with E-state index in [0.717, 1.165) is 6.92 Å². The molecule has 30 heteroatoms. The van der Waals surface area contributed by atoms with Gasteiger partial charge in [0.05, 0.1) is 32.5 Å². The van der Waals surface area contributed by atoms with Gasteiger partial charge in [-0.3, -0.25) is 9.35 Å². The minimum absolute atomic E-state index is 0.893. The molecule has 5 aliphatic rings. The fourth-order valence-electron chi connectivity index (χ4n) is 7.51. The highest BCUT2D eigenvalue weighted by Crippen LogP contribution is 2.37. The summed E-state index contributed by atoms with van der Waals surface area (Å²) in [6.07, 6.45) is -46.0. The van der Waals surface area contributed by atoms with Crippen LogP contribution in [0.25, 0.3) is 0 Å². The number of carbonyl (C=O) groups excluding carboxylic acids is 1. The fraction of sp³-hybridized carbons (Fsp3) is 0.969. The van der Waals surface area contributed by atoms with E-state index in [1.165, 1.54) is 6.92 Å². The third-order valence-corrected chi connectivity index (χ3v) is 11.3. The van der Waals surface area contributed by atoms with Gasteiger partial charge in [0.1, 0.15) is 116 Å². The minimum Gasteiger partial charge on any atom is -0.394 e. The summed E-state index contributed by atoms with van der Waals surface area (Å²) in [5.74, 6) is -0.893. The first-order valence-corrected chi connectivity index (χ1v) is 20.5. The molecule has 0 bridgehead atoms. The van der Waals surface area contributed by atoms with E-state index in [0.29, 0.717) is 0 Å². The van der Waals surface area contributed by atoms with Crippen LogP contribution in [0.15, 0.2) is 0 Å². The maximum atomic E-state index is 12.8. The minimum atomic E-state index is -5.14. The van der Waals surface area contributed by atoms with Crippen molar-refractivity contribution in [3.8, 4) is 0 Å². The number of ether oxygens (including phenoxy) is 9.